The molecule has 0 amide bonds. The van der Waals surface area contributed by atoms with Gasteiger partial charge >= 0.3 is 6.18 Å². The van der Waals surface area contributed by atoms with Crippen molar-refractivity contribution in [3.8, 4) is 11.9 Å². The number of likely N-dealkylation sites (N-methyl/N-ethyl adjacent to an activating group) is 1. The van der Waals surface area contributed by atoms with E-state index in [1.807, 2.05) is 13.2 Å². The number of nitriles is 1. The molecule has 0 bridgehead atoms. The second-order valence-corrected chi connectivity index (χ2v) is 11.1. The van der Waals surface area contributed by atoms with Crippen LogP contribution in [-0.4, -0.2) is 40.9 Å². The van der Waals surface area contributed by atoms with E-state index in [9.17, 15) is 18.4 Å². The fourth-order valence-electron chi connectivity index (χ4n) is 4.01. The molecule has 1 fully saturated rings. The summed E-state index contributed by atoms with van der Waals surface area (Å²) in [5, 5.41) is 9.41. The molecule has 36 heavy (non-hydrogen) atoms. The van der Waals surface area contributed by atoms with Gasteiger partial charge in [0.05, 0.1) is 11.1 Å². The molecule has 0 unspecified atom stereocenters. The minimum absolute atomic E-state index is 0.0594. The molecule has 10 heteroatoms. The Morgan fingerprint density at radius 2 is 2.03 bits per heavy atom. The Hall–Kier alpha value is -2.64. The molecular formula is C26H34F3N5OS. The summed E-state index contributed by atoms with van der Waals surface area (Å²) >= 11 is 1.41. The standard InChI is InChI=1S/C26H34F3N5OS/c1-6-7-9-18-15-34(25(2,3)4)36-24(18)32-23(31-17-30)21-14-19(26(27,28)29)11-12-22(21)35-16-20-10-8-13-33(20)5/h11-12,14-15,20H,6-10,13,16H2,1-5H3/b31-23?,32-24-/t20-/m0/s1. The smallest absolute Gasteiger partial charge is 0.416 e. The van der Waals surface area contributed by atoms with Crippen molar-refractivity contribution in [1.29, 1.82) is 5.26 Å². The van der Waals surface area contributed by atoms with Crippen LogP contribution in [0.5, 0.6) is 5.75 Å². The van der Waals surface area contributed by atoms with Crippen LogP contribution in [0.1, 0.15) is 70.1 Å². The van der Waals surface area contributed by atoms with Crippen molar-refractivity contribution in [2.24, 2.45) is 9.98 Å². The molecule has 2 aromatic rings. The lowest BCUT2D eigenvalue weighted by atomic mass is 10.1. The highest BCUT2D eigenvalue weighted by molar-refractivity contribution is 7.04. The van der Waals surface area contributed by atoms with Crippen LogP contribution < -0.4 is 9.41 Å². The minimum Gasteiger partial charge on any atom is -0.491 e. The first kappa shape index (κ1) is 27.9. The molecule has 1 saturated heterocycles. The number of aromatic nitrogens is 1. The summed E-state index contributed by atoms with van der Waals surface area (Å²) < 4.78 is 49.6. The first-order valence-corrected chi connectivity index (χ1v) is 13.0. The largest absolute Gasteiger partial charge is 0.491 e. The zero-order valence-corrected chi connectivity index (χ0v) is 22.3. The number of hydrogen-bond acceptors (Lipinski definition) is 5. The van der Waals surface area contributed by atoms with E-state index >= 15 is 0 Å². The highest BCUT2D eigenvalue weighted by Gasteiger charge is 2.32. The number of amidine groups is 1. The summed E-state index contributed by atoms with van der Waals surface area (Å²) in [5.74, 6) is 0.149. The molecule has 1 aliphatic rings. The Morgan fingerprint density at radius 3 is 2.61 bits per heavy atom. The minimum atomic E-state index is -4.55. The zero-order valence-electron chi connectivity index (χ0n) is 21.5. The van der Waals surface area contributed by atoms with Crippen molar-refractivity contribution in [2.75, 3.05) is 20.2 Å². The number of aliphatic imine (C=N–C) groups is 1. The Labute approximate surface area is 214 Å². The molecule has 0 N–H and O–H groups in total. The molecule has 1 atom stereocenters. The number of halogens is 3. The maximum Gasteiger partial charge on any atom is 0.416 e. The molecule has 6 nitrogen and oxygen atoms in total. The molecular weight excluding hydrogens is 487 g/mol. The zero-order chi connectivity index (χ0) is 26.5. The Morgan fingerprint density at radius 1 is 1.28 bits per heavy atom. The number of nitrogens with zero attached hydrogens (tertiary/aromatic N) is 5. The predicted octanol–water partition coefficient (Wildman–Crippen LogP) is 5.97. The molecule has 196 valence electrons. The number of aryl methyl sites for hydroxylation is 1. The van der Waals surface area contributed by atoms with E-state index < -0.39 is 11.7 Å². The Balaban J connectivity index is 2.12. The van der Waals surface area contributed by atoms with Gasteiger partial charge in [0.1, 0.15) is 17.0 Å². The summed E-state index contributed by atoms with van der Waals surface area (Å²) in [6.45, 7) is 9.59. The molecule has 0 saturated carbocycles. The molecule has 0 radical (unpaired) electrons. The first-order chi connectivity index (χ1) is 16.9. The van der Waals surface area contributed by atoms with Gasteiger partial charge in [-0.15, -0.1) is 0 Å². The van der Waals surface area contributed by atoms with Crippen molar-refractivity contribution < 1.29 is 17.9 Å². The highest BCUT2D eigenvalue weighted by Crippen LogP contribution is 2.33. The Bertz CT molecular complexity index is 1180. The highest BCUT2D eigenvalue weighted by atomic mass is 32.1. The van der Waals surface area contributed by atoms with Crippen molar-refractivity contribution >= 4 is 17.4 Å². The van der Waals surface area contributed by atoms with E-state index in [-0.39, 0.29) is 28.7 Å². The van der Waals surface area contributed by atoms with E-state index in [2.05, 4.69) is 46.5 Å². The van der Waals surface area contributed by atoms with E-state index in [1.54, 1.807) is 6.19 Å². The van der Waals surface area contributed by atoms with Crippen LogP contribution in [0.3, 0.4) is 0 Å². The molecule has 3 rings (SSSR count). The number of benzene rings is 1. The second kappa shape index (κ2) is 11.6. The summed E-state index contributed by atoms with van der Waals surface area (Å²) in [7, 11) is 2.01. The Kier molecular flexibility index (Phi) is 9.01. The number of ether oxygens (including phenoxy) is 1. The van der Waals surface area contributed by atoms with Crippen LogP contribution in [-0.2, 0) is 18.1 Å². The van der Waals surface area contributed by atoms with Gasteiger partial charge in [-0.1, -0.05) is 13.3 Å². The number of likely N-dealkylation sites (tertiary alicyclic amines) is 1. The summed E-state index contributed by atoms with van der Waals surface area (Å²) in [6, 6.07) is 3.45. The van der Waals surface area contributed by atoms with Crippen molar-refractivity contribution in [1.82, 2.24) is 8.86 Å². The first-order valence-electron chi connectivity index (χ1n) is 12.2. The van der Waals surface area contributed by atoms with Gasteiger partial charge in [-0.2, -0.15) is 23.4 Å². The molecule has 1 aromatic heterocycles. The van der Waals surface area contributed by atoms with Crippen molar-refractivity contribution in [3.63, 3.8) is 0 Å². The van der Waals surface area contributed by atoms with Crippen LogP contribution in [0.15, 0.2) is 34.4 Å². The van der Waals surface area contributed by atoms with Gasteiger partial charge < -0.3 is 9.64 Å². The lowest BCUT2D eigenvalue weighted by Gasteiger charge is -2.21. The van der Waals surface area contributed by atoms with E-state index in [0.29, 0.717) is 11.3 Å². The molecule has 1 aromatic carbocycles. The van der Waals surface area contributed by atoms with E-state index in [0.717, 1.165) is 56.3 Å². The number of alkyl halides is 3. The maximum atomic E-state index is 13.6. The van der Waals surface area contributed by atoms with Gasteiger partial charge in [-0.05, 0) is 89.8 Å². The van der Waals surface area contributed by atoms with E-state index in [1.165, 1.54) is 17.6 Å². The monoisotopic (exact) mass is 521 g/mol. The fraction of sp³-hybridized carbons (Fsp3) is 0.577. The van der Waals surface area contributed by atoms with Gasteiger partial charge in [-0.3, -0.25) is 3.96 Å². The quantitative estimate of drug-likeness (QED) is 0.256. The van der Waals surface area contributed by atoms with Gasteiger partial charge in [0, 0.05) is 23.3 Å². The lowest BCUT2D eigenvalue weighted by Crippen LogP contribution is -2.30. The number of hydrogen-bond donors (Lipinski definition) is 0. The lowest BCUT2D eigenvalue weighted by molar-refractivity contribution is -0.137. The van der Waals surface area contributed by atoms with Crippen molar-refractivity contribution in [3.05, 3.63) is 45.8 Å². The maximum absolute atomic E-state index is 13.6. The normalized spacial score (nSPS) is 18.0. The van der Waals surface area contributed by atoms with Gasteiger partial charge in [0.25, 0.3) is 0 Å². The molecule has 0 spiro atoms. The molecule has 0 aliphatic carbocycles. The van der Waals surface area contributed by atoms with Gasteiger partial charge in [0.2, 0.25) is 6.19 Å². The topological polar surface area (TPSA) is 65.9 Å². The predicted molar refractivity (Wildman–Crippen MR) is 136 cm³/mol. The SMILES string of the molecule is CCCCc1cn(C(C)(C)C)s/c1=N\C(=NC#N)c1cc(C(F)(F)F)ccc1OC[C@@H]1CCCN1C. The van der Waals surface area contributed by atoms with Crippen molar-refractivity contribution in [2.45, 2.75) is 77.6 Å². The van der Waals surface area contributed by atoms with Crippen LogP contribution in [0, 0.1) is 11.5 Å². The van der Waals surface area contributed by atoms with Crippen LogP contribution in [0.2, 0.25) is 0 Å². The van der Waals surface area contributed by atoms with Crippen LogP contribution in [0.25, 0.3) is 0 Å². The molecule has 1 aliphatic heterocycles. The average molecular weight is 522 g/mol. The van der Waals surface area contributed by atoms with E-state index in [4.69, 9.17) is 4.74 Å². The molecule has 2 heterocycles. The number of unbranched alkanes of at least 4 members (excludes halogenated alkanes) is 1. The fourth-order valence-corrected chi connectivity index (χ4v) is 5.05. The number of rotatable bonds is 7. The average Bonchev–Trinajstić information content (AvgIpc) is 3.41. The third-order valence-corrected chi connectivity index (χ3v) is 7.58. The second-order valence-electron chi connectivity index (χ2n) is 10.1. The third kappa shape index (κ3) is 6.98. The summed E-state index contributed by atoms with van der Waals surface area (Å²) in [6.07, 6.45) is 3.91. The van der Waals surface area contributed by atoms with Gasteiger partial charge in [0.15, 0.2) is 5.84 Å². The summed E-state index contributed by atoms with van der Waals surface area (Å²) in [5.41, 5.74) is 0.00316. The van der Waals surface area contributed by atoms with Gasteiger partial charge in [-0.25, -0.2) is 4.99 Å². The summed E-state index contributed by atoms with van der Waals surface area (Å²) in [4.78, 5) is 10.7. The van der Waals surface area contributed by atoms with Crippen LogP contribution in [0.4, 0.5) is 13.2 Å². The van der Waals surface area contributed by atoms with Crippen LogP contribution >= 0.6 is 11.5 Å². The third-order valence-electron chi connectivity index (χ3n) is 6.21.